The predicted molar refractivity (Wildman–Crippen MR) is 120 cm³/mol. The Labute approximate surface area is 188 Å². The first-order valence-corrected chi connectivity index (χ1v) is 9.63. The number of ether oxygens (including phenoxy) is 1. The molecule has 0 heterocycles. The average molecular weight is 447 g/mol. The smallest absolute Gasteiger partial charge is 0.273 e. The normalized spacial score (nSPS) is 10.6. The highest BCUT2D eigenvalue weighted by molar-refractivity contribution is 6.04. The van der Waals surface area contributed by atoms with Crippen LogP contribution >= 0.6 is 0 Å². The summed E-state index contributed by atoms with van der Waals surface area (Å²) < 4.78 is 4.85. The summed E-state index contributed by atoms with van der Waals surface area (Å²) in [7, 11) is 1.22. The van der Waals surface area contributed by atoms with E-state index in [9.17, 15) is 24.8 Å². The number of amides is 2. The van der Waals surface area contributed by atoms with Gasteiger partial charge in [0.1, 0.15) is 5.75 Å². The number of carbonyl (C=O) groups is 2. The lowest BCUT2D eigenvalue weighted by molar-refractivity contribution is -0.385. The van der Waals surface area contributed by atoms with Gasteiger partial charge in [-0.3, -0.25) is 19.7 Å². The number of nitro groups is 1. The fourth-order valence-corrected chi connectivity index (χ4v) is 2.80. The van der Waals surface area contributed by atoms with Crippen LogP contribution in [-0.4, -0.2) is 30.1 Å². The van der Waals surface area contributed by atoms with E-state index in [4.69, 9.17) is 4.74 Å². The highest BCUT2D eigenvalue weighted by Crippen LogP contribution is 2.31. The van der Waals surface area contributed by atoms with Crippen molar-refractivity contribution in [1.82, 2.24) is 5.43 Å². The zero-order valence-corrected chi connectivity index (χ0v) is 17.7. The maximum Gasteiger partial charge on any atom is 0.273 e. The van der Waals surface area contributed by atoms with Gasteiger partial charge in [-0.05, 0) is 48.9 Å². The second-order valence-corrected chi connectivity index (χ2v) is 6.92. The molecule has 33 heavy (non-hydrogen) atoms. The molecule has 10 nitrogen and oxygen atoms in total. The van der Waals surface area contributed by atoms with Crippen molar-refractivity contribution in [2.45, 2.75) is 6.92 Å². The van der Waals surface area contributed by atoms with E-state index in [1.807, 2.05) is 19.1 Å². The molecule has 3 rings (SSSR count). The van der Waals surface area contributed by atoms with Crippen molar-refractivity contribution in [2.24, 2.45) is 5.10 Å². The van der Waals surface area contributed by atoms with E-state index in [-0.39, 0.29) is 28.5 Å². The SMILES string of the molecule is COc1cc([N+](=O)[O-])cc(C=NNC(=O)c2ccc(NC(=O)c3ccc(C)cc3)cc2)c1[O-]. The summed E-state index contributed by atoms with van der Waals surface area (Å²) in [5.41, 5.74) is 4.08. The minimum Gasteiger partial charge on any atom is -0.870 e. The molecule has 2 amide bonds. The minimum atomic E-state index is -0.670. The summed E-state index contributed by atoms with van der Waals surface area (Å²) >= 11 is 0. The maximum absolute atomic E-state index is 12.3. The number of rotatable bonds is 7. The van der Waals surface area contributed by atoms with E-state index in [2.05, 4.69) is 15.8 Å². The molecule has 0 spiro atoms. The molecular weight excluding hydrogens is 428 g/mol. The molecule has 0 saturated carbocycles. The lowest BCUT2D eigenvalue weighted by Gasteiger charge is -2.14. The van der Waals surface area contributed by atoms with Gasteiger partial charge in [-0.1, -0.05) is 23.4 Å². The standard InChI is InChI=1S/C23H20N4O6/c1-14-3-5-15(6-4-14)22(29)25-18-9-7-16(8-10-18)23(30)26-24-13-17-11-19(27(31)32)12-20(33-2)21(17)28/h3-13,28H,1-2H3,(H,25,29)(H,26,30)/p-1. The van der Waals surface area contributed by atoms with Crippen molar-refractivity contribution in [3.8, 4) is 11.5 Å². The Bertz CT molecular complexity index is 1220. The Kier molecular flexibility index (Phi) is 6.99. The molecule has 0 atom stereocenters. The fourth-order valence-electron chi connectivity index (χ4n) is 2.80. The van der Waals surface area contributed by atoms with Gasteiger partial charge >= 0.3 is 0 Å². The van der Waals surface area contributed by atoms with Gasteiger partial charge in [0.2, 0.25) is 0 Å². The third-order valence-corrected chi connectivity index (χ3v) is 4.59. The Morgan fingerprint density at radius 2 is 1.61 bits per heavy atom. The largest absolute Gasteiger partial charge is 0.870 e. The summed E-state index contributed by atoms with van der Waals surface area (Å²) in [4.78, 5) is 34.9. The van der Waals surface area contributed by atoms with Crippen LogP contribution in [0.2, 0.25) is 0 Å². The topological polar surface area (TPSA) is 146 Å². The van der Waals surface area contributed by atoms with E-state index in [0.29, 0.717) is 11.3 Å². The number of hydrazone groups is 1. The molecule has 2 N–H and O–H groups in total. The zero-order valence-electron chi connectivity index (χ0n) is 17.7. The second-order valence-electron chi connectivity index (χ2n) is 6.92. The van der Waals surface area contributed by atoms with Crippen molar-refractivity contribution in [3.05, 3.63) is 93.0 Å². The molecule has 0 unspecified atom stereocenters. The second kappa shape index (κ2) is 10.1. The molecule has 0 bridgehead atoms. The number of nitrogens with zero attached hydrogens (tertiary/aromatic N) is 2. The predicted octanol–water partition coefficient (Wildman–Crippen LogP) is 3.00. The van der Waals surface area contributed by atoms with Crippen LogP contribution in [0, 0.1) is 17.0 Å². The number of hydrogen-bond donors (Lipinski definition) is 2. The lowest BCUT2D eigenvalue weighted by atomic mass is 10.1. The van der Waals surface area contributed by atoms with Crippen LogP contribution in [0.15, 0.2) is 65.8 Å². The first-order chi connectivity index (χ1) is 15.8. The molecular formula is C23H19N4O6-. The Hall–Kier alpha value is -4.73. The summed E-state index contributed by atoms with van der Waals surface area (Å²) in [6, 6.07) is 15.3. The van der Waals surface area contributed by atoms with Crippen LogP contribution in [0.3, 0.4) is 0 Å². The van der Waals surface area contributed by atoms with Crippen molar-refractivity contribution >= 4 is 29.4 Å². The lowest BCUT2D eigenvalue weighted by Crippen LogP contribution is -2.18. The van der Waals surface area contributed by atoms with Crippen LogP contribution in [0.5, 0.6) is 11.5 Å². The number of benzene rings is 3. The molecule has 0 aromatic heterocycles. The molecule has 0 radical (unpaired) electrons. The highest BCUT2D eigenvalue weighted by atomic mass is 16.6. The van der Waals surface area contributed by atoms with Gasteiger partial charge in [-0.15, -0.1) is 0 Å². The van der Waals surface area contributed by atoms with Crippen molar-refractivity contribution in [1.29, 1.82) is 0 Å². The third-order valence-electron chi connectivity index (χ3n) is 4.59. The van der Waals surface area contributed by atoms with Crippen molar-refractivity contribution in [3.63, 3.8) is 0 Å². The average Bonchev–Trinajstić information content (AvgIpc) is 2.80. The molecule has 10 heteroatoms. The van der Waals surface area contributed by atoms with Crippen LogP contribution in [0.4, 0.5) is 11.4 Å². The number of anilines is 1. The van der Waals surface area contributed by atoms with Crippen LogP contribution in [0.1, 0.15) is 31.8 Å². The maximum atomic E-state index is 12.3. The van der Waals surface area contributed by atoms with E-state index in [1.54, 1.807) is 24.3 Å². The quantitative estimate of drug-likeness (QED) is 0.323. The van der Waals surface area contributed by atoms with Crippen molar-refractivity contribution in [2.75, 3.05) is 12.4 Å². The van der Waals surface area contributed by atoms with Gasteiger partial charge < -0.3 is 15.2 Å². The van der Waals surface area contributed by atoms with E-state index in [1.165, 1.54) is 19.2 Å². The van der Waals surface area contributed by atoms with Crippen LogP contribution in [-0.2, 0) is 0 Å². The highest BCUT2D eigenvalue weighted by Gasteiger charge is 2.12. The summed E-state index contributed by atoms with van der Waals surface area (Å²) in [6.45, 7) is 1.93. The first kappa shape index (κ1) is 22.9. The minimum absolute atomic E-state index is 0.115. The third kappa shape index (κ3) is 5.70. The number of aryl methyl sites for hydroxylation is 1. The molecule has 0 aliphatic heterocycles. The number of non-ortho nitro benzene ring substituents is 1. The van der Waals surface area contributed by atoms with Crippen LogP contribution in [0.25, 0.3) is 0 Å². The van der Waals surface area contributed by atoms with Gasteiger partial charge in [0, 0.05) is 22.9 Å². The Balaban J connectivity index is 1.65. The summed E-state index contributed by atoms with van der Waals surface area (Å²) in [5.74, 6) is -1.67. The molecule has 3 aromatic carbocycles. The van der Waals surface area contributed by atoms with Gasteiger partial charge in [-0.25, -0.2) is 5.43 Å². The number of nitro benzene ring substituents is 1. The zero-order chi connectivity index (χ0) is 24.0. The van der Waals surface area contributed by atoms with Gasteiger partial charge in [0.25, 0.3) is 17.5 Å². The summed E-state index contributed by atoms with van der Waals surface area (Å²) in [5, 5.41) is 29.6. The van der Waals surface area contributed by atoms with Gasteiger partial charge in [-0.2, -0.15) is 5.10 Å². The first-order valence-electron chi connectivity index (χ1n) is 9.63. The molecule has 0 aliphatic carbocycles. The van der Waals surface area contributed by atoms with E-state index < -0.39 is 16.6 Å². The molecule has 0 saturated heterocycles. The number of carbonyl (C=O) groups excluding carboxylic acids is 2. The monoisotopic (exact) mass is 447 g/mol. The number of nitrogens with one attached hydrogen (secondary N) is 2. The van der Waals surface area contributed by atoms with Gasteiger partial charge in [0.15, 0.2) is 0 Å². The fraction of sp³-hybridized carbons (Fsp3) is 0.0870. The Morgan fingerprint density at radius 1 is 1.00 bits per heavy atom. The molecule has 168 valence electrons. The molecule has 0 fully saturated rings. The van der Waals surface area contributed by atoms with Crippen molar-refractivity contribution < 1.29 is 24.4 Å². The van der Waals surface area contributed by atoms with Crippen LogP contribution < -0.4 is 20.6 Å². The Morgan fingerprint density at radius 3 is 2.21 bits per heavy atom. The number of methoxy groups -OCH3 is 1. The van der Waals surface area contributed by atoms with E-state index in [0.717, 1.165) is 23.9 Å². The number of hydrogen-bond acceptors (Lipinski definition) is 7. The van der Waals surface area contributed by atoms with E-state index >= 15 is 0 Å². The summed E-state index contributed by atoms with van der Waals surface area (Å²) in [6.07, 6.45) is 1.01. The molecule has 0 aliphatic rings. The molecule has 3 aromatic rings. The van der Waals surface area contributed by atoms with Gasteiger partial charge in [0.05, 0.1) is 24.3 Å².